The Morgan fingerprint density at radius 1 is 0.545 bits per heavy atom. The van der Waals surface area contributed by atoms with Crippen molar-refractivity contribution in [2.75, 3.05) is 18.6 Å². The monoisotopic (exact) mass is 630 g/mol. The molecule has 0 radical (unpaired) electrons. The van der Waals surface area contributed by atoms with E-state index in [0.717, 1.165) is 12.4 Å². The van der Waals surface area contributed by atoms with Crippen LogP contribution in [0.3, 0.4) is 0 Å². The summed E-state index contributed by atoms with van der Waals surface area (Å²) in [6.07, 6.45) is 6.22. The molecule has 8 rings (SSSR count). The Hall–Kier alpha value is -5.07. The fraction of sp³-hybridized carbons (Fsp3) is 0.0513. The van der Waals surface area contributed by atoms with Crippen LogP contribution in [0.15, 0.2) is 164 Å². The average Bonchev–Trinajstić information content (AvgIpc) is 3.68. The number of hydrogen-bond donors (Lipinski definition) is 0. The number of pyridine rings is 1. The molecule has 0 saturated carbocycles. The molecule has 0 bridgehead atoms. The summed E-state index contributed by atoms with van der Waals surface area (Å²) < 4.78 is 7.72. The molecule has 5 aromatic carbocycles. The van der Waals surface area contributed by atoms with E-state index in [2.05, 4.69) is 173 Å². The Morgan fingerprint density at radius 2 is 1.23 bits per heavy atom. The molecule has 5 heteroatoms. The van der Waals surface area contributed by atoms with Gasteiger partial charge in [0.25, 0.3) is 0 Å². The van der Waals surface area contributed by atoms with Crippen LogP contribution in [0.2, 0.25) is 0 Å². The number of anilines is 1. The summed E-state index contributed by atoms with van der Waals surface area (Å²) in [5.41, 5.74) is 4.76. The first-order valence-electron chi connectivity index (χ1n) is 15.1. The Bertz CT molecular complexity index is 2020. The van der Waals surface area contributed by atoms with Gasteiger partial charge in [-0.05, 0) is 0 Å². The molecule has 0 amide bonds. The first-order chi connectivity index (χ1) is 21.7. The number of fused-ring (bicyclic) bond motifs is 3. The van der Waals surface area contributed by atoms with Gasteiger partial charge in [0.15, 0.2) is 0 Å². The SMILES string of the molecule is CN1C=CN(c2cccc(-n3c4ccccc4c4cc[c]([Ge]([c]5ccccc5)([c]5ccccc5)[c]5ccccn5)cc43)c2)C1. The summed E-state index contributed by atoms with van der Waals surface area (Å²) in [5.74, 6) is 0. The van der Waals surface area contributed by atoms with Crippen LogP contribution in [0.25, 0.3) is 27.5 Å². The van der Waals surface area contributed by atoms with E-state index in [0.29, 0.717) is 0 Å². The van der Waals surface area contributed by atoms with E-state index in [-0.39, 0.29) is 0 Å². The molecule has 7 aromatic rings. The zero-order valence-electron chi connectivity index (χ0n) is 24.6. The van der Waals surface area contributed by atoms with Crippen LogP contribution in [-0.4, -0.2) is 41.4 Å². The summed E-state index contributed by atoms with van der Waals surface area (Å²) in [7, 11) is 2.10. The fourth-order valence-corrected chi connectivity index (χ4v) is 16.5. The molecule has 212 valence electrons. The van der Waals surface area contributed by atoms with Crippen LogP contribution in [0, 0.1) is 0 Å². The predicted molar refractivity (Wildman–Crippen MR) is 186 cm³/mol. The van der Waals surface area contributed by atoms with Gasteiger partial charge in [0.2, 0.25) is 0 Å². The molecule has 4 nitrogen and oxygen atoms in total. The molecular formula is C39H32GeN4. The third kappa shape index (κ3) is 4.25. The van der Waals surface area contributed by atoms with E-state index in [1.165, 1.54) is 45.2 Å². The summed E-state index contributed by atoms with van der Waals surface area (Å²) in [4.78, 5) is 9.58. The van der Waals surface area contributed by atoms with Gasteiger partial charge >= 0.3 is 261 Å². The fourth-order valence-electron chi connectivity index (χ4n) is 6.89. The zero-order chi connectivity index (χ0) is 29.5. The molecule has 0 saturated heterocycles. The summed E-state index contributed by atoms with van der Waals surface area (Å²) in [6, 6.07) is 53.4. The molecule has 0 spiro atoms. The molecule has 0 fully saturated rings. The Kier molecular flexibility index (Phi) is 6.57. The topological polar surface area (TPSA) is 24.3 Å². The van der Waals surface area contributed by atoms with Gasteiger partial charge < -0.3 is 0 Å². The Morgan fingerprint density at radius 3 is 1.93 bits per heavy atom. The van der Waals surface area contributed by atoms with Gasteiger partial charge in [0, 0.05) is 0 Å². The summed E-state index contributed by atoms with van der Waals surface area (Å²) in [6.45, 7) is 0.842. The van der Waals surface area contributed by atoms with Crippen LogP contribution in [-0.2, 0) is 0 Å². The standard InChI is InChI=1S/C39H32GeN4/c1-42-25-26-43(29-42)33-17-12-18-34(28-33)44-37-20-9-8-19-35(37)36-23-22-32(27-38(36)44)40(30-13-4-2-5-14-30,31-15-6-3-7-16-31)39-21-10-11-24-41-39/h2-28H,29H2,1H3. The Labute approximate surface area is 260 Å². The van der Waals surface area contributed by atoms with Crippen molar-refractivity contribution in [3.05, 3.63) is 164 Å². The van der Waals surface area contributed by atoms with Crippen LogP contribution in [0.1, 0.15) is 0 Å². The summed E-state index contributed by atoms with van der Waals surface area (Å²) >= 11 is -3.53. The van der Waals surface area contributed by atoms with Crippen molar-refractivity contribution >= 4 is 58.5 Å². The van der Waals surface area contributed by atoms with Crippen LogP contribution < -0.4 is 22.6 Å². The molecular weight excluding hydrogens is 597 g/mol. The molecule has 0 aliphatic carbocycles. The molecule has 0 N–H and O–H groups in total. The normalized spacial score (nSPS) is 13.3. The number of para-hydroxylation sites is 1. The number of aromatic nitrogens is 2. The van der Waals surface area contributed by atoms with Crippen molar-refractivity contribution in [3.8, 4) is 5.69 Å². The van der Waals surface area contributed by atoms with Gasteiger partial charge in [-0.3, -0.25) is 0 Å². The van der Waals surface area contributed by atoms with Gasteiger partial charge in [-0.25, -0.2) is 0 Å². The van der Waals surface area contributed by atoms with Gasteiger partial charge in [-0.15, -0.1) is 0 Å². The molecule has 3 heterocycles. The number of hydrogen-bond acceptors (Lipinski definition) is 3. The van der Waals surface area contributed by atoms with Crippen molar-refractivity contribution in [2.24, 2.45) is 0 Å². The van der Waals surface area contributed by atoms with Gasteiger partial charge in [0.1, 0.15) is 0 Å². The van der Waals surface area contributed by atoms with E-state index >= 15 is 0 Å². The maximum absolute atomic E-state index is 5.11. The van der Waals surface area contributed by atoms with Crippen LogP contribution in [0.4, 0.5) is 5.69 Å². The van der Waals surface area contributed by atoms with Crippen molar-refractivity contribution in [2.45, 2.75) is 0 Å². The Balaban J connectivity index is 1.44. The van der Waals surface area contributed by atoms with Crippen LogP contribution >= 0.6 is 0 Å². The second-order valence-electron chi connectivity index (χ2n) is 11.5. The third-order valence-corrected chi connectivity index (χ3v) is 18.6. The molecule has 2 aromatic heterocycles. The second kappa shape index (κ2) is 10.9. The van der Waals surface area contributed by atoms with Crippen LogP contribution in [0.5, 0.6) is 0 Å². The van der Waals surface area contributed by atoms with Gasteiger partial charge in [-0.2, -0.15) is 0 Å². The second-order valence-corrected chi connectivity index (χ2v) is 19.3. The van der Waals surface area contributed by atoms with Gasteiger partial charge in [-0.1, -0.05) is 0 Å². The third-order valence-electron chi connectivity index (χ3n) is 8.87. The van der Waals surface area contributed by atoms with E-state index in [9.17, 15) is 0 Å². The van der Waals surface area contributed by atoms with Gasteiger partial charge in [0.05, 0.1) is 0 Å². The summed E-state index contributed by atoms with van der Waals surface area (Å²) in [5, 5.41) is 2.52. The van der Waals surface area contributed by atoms with E-state index in [4.69, 9.17) is 4.98 Å². The van der Waals surface area contributed by atoms with E-state index in [1.54, 1.807) is 0 Å². The average molecular weight is 629 g/mol. The minimum atomic E-state index is -3.53. The predicted octanol–water partition coefficient (Wildman–Crippen LogP) is 5.74. The van der Waals surface area contributed by atoms with Crippen molar-refractivity contribution in [1.82, 2.24) is 14.5 Å². The van der Waals surface area contributed by atoms with Crippen molar-refractivity contribution in [3.63, 3.8) is 0 Å². The molecule has 1 aliphatic rings. The number of nitrogens with zero attached hydrogens (tertiary/aromatic N) is 4. The minimum absolute atomic E-state index is 0.842. The molecule has 0 unspecified atom stereocenters. The van der Waals surface area contributed by atoms with Crippen molar-refractivity contribution in [1.29, 1.82) is 0 Å². The molecule has 44 heavy (non-hydrogen) atoms. The first-order valence-corrected chi connectivity index (χ1v) is 19.2. The zero-order valence-corrected chi connectivity index (χ0v) is 26.7. The quantitative estimate of drug-likeness (QED) is 0.220. The maximum atomic E-state index is 5.11. The van der Waals surface area contributed by atoms with E-state index in [1.807, 2.05) is 12.3 Å². The van der Waals surface area contributed by atoms with E-state index < -0.39 is 13.3 Å². The first kappa shape index (κ1) is 26.6. The molecule has 1 aliphatic heterocycles. The molecule has 0 atom stereocenters. The number of rotatable bonds is 6. The number of benzene rings is 5. The van der Waals surface area contributed by atoms with Crippen molar-refractivity contribution < 1.29 is 0 Å².